The minimum Gasteiger partial charge on any atom is -0.468 e. The molecule has 2 rings (SSSR count). The van der Waals surface area contributed by atoms with E-state index < -0.39 is 36.1 Å². The maximum absolute atomic E-state index is 12.3. The average Bonchev–Trinajstić information content (AvgIpc) is 3.01. The van der Waals surface area contributed by atoms with Gasteiger partial charge in [0.25, 0.3) is 0 Å². The second-order valence-corrected chi connectivity index (χ2v) is 10.2. The average molecular weight is 618 g/mol. The van der Waals surface area contributed by atoms with Crippen LogP contribution in [0, 0.1) is 0 Å². The Hall–Kier alpha value is -4.53. The zero-order chi connectivity index (χ0) is 32.3. The maximum atomic E-state index is 12.3. The van der Waals surface area contributed by atoms with E-state index in [1.807, 2.05) is 35.2 Å². The Morgan fingerprint density at radius 2 is 1.25 bits per heavy atom. The van der Waals surface area contributed by atoms with E-state index in [1.165, 1.54) is 7.11 Å². The Morgan fingerprint density at radius 3 is 1.77 bits per heavy atom. The van der Waals surface area contributed by atoms with Crippen LogP contribution in [-0.2, 0) is 38.3 Å². The van der Waals surface area contributed by atoms with Crippen LogP contribution < -0.4 is 31.5 Å². The minimum atomic E-state index is -0.635. The number of benzene rings is 1. The Bertz CT molecular complexity index is 1140. The second-order valence-electron chi connectivity index (χ2n) is 10.2. The van der Waals surface area contributed by atoms with Crippen LogP contribution in [0.3, 0.4) is 0 Å². The first-order chi connectivity index (χ1) is 21.1. The maximum Gasteiger partial charge on any atom is 0.325 e. The summed E-state index contributed by atoms with van der Waals surface area (Å²) in [5.41, 5.74) is 0.905. The molecule has 0 unspecified atom stereocenters. The largest absolute Gasteiger partial charge is 0.468 e. The molecule has 1 aromatic rings. The summed E-state index contributed by atoms with van der Waals surface area (Å²) in [5, 5.41) is 12.1. The highest BCUT2D eigenvalue weighted by molar-refractivity contribution is 5.92. The van der Waals surface area contributed by atoms with E-state index in [9.17, 15) is 33.6 Å². The van der Waals surface area contributed by atoms with Gasteiger partial charge in [-0.05, 0) is 31.4 Å². The van der Waals surface area contributed by atoms with Crippen LogP contribution in [-0.4, -0.2) is 112 Å². The van der Waals surface area contributed by atoms with Gasteiger partial charge < -0.3 is 41.1 Å². The quantitative estimate of drug-likeness (QED) is 0.128. The highest BCUT2D eigenvalue weighted by Crippen LogP contribution is 2.23. The van der Waals surface area contributed by atoms with E-state index in [0.29, 0.717) is 19.5 Å². The van der Waals surface area contributed by atoms with Gasteiger partial charge in [-0.25, -0.2) is 0 Å². The van der Waals surface area contributed by atoms with Crippen molar-refractivity contribution in [1.29, 1.82) is 0 Å². The van der Waals surface area contributed by atoms with Crippen molar-refractivity contribution in [3.8, 4) is 0 Å². The lowest BCUT2D eigenvalue weighted by atomic mass is 10.0. The molecule has 1 aromatic carbocycles. The zero-order valence-corrected chi connectivity index (χ0v) is 25.3. The fraction of sp³-hybridized carbons (Fsp3) is 0.552. The molecule has 5 N–H and O–H groups in total. The molecule has 44 heavy (non-hydrogen) atoms. The first-order valence-corrected chi connectivity index (χ1v) is 14.6. The van der Waals surface area contributed by atoms with E-state index in [0.717, 1.165) is 31.6 Å². The number of para-hydroxylation sites is 1. The van der Waals surface area contributed by atoms with Crippen molar-refractivity contribution in [2.45, 2.75) is 45.1 Å². The number of carbonyl (C=O) groups is 7. The van der Waals surface area contributed by atoms with E-state index in [4.69, 9.17) is 0 Å². The highest BCUT2D eigenvalue weighted by atomic mass is 16.5. The summed E-state index contributed by atoms with van der Waals surface area (Å²) in [7, 11) is 1.17. The zero-order valence-electron chi connectivity index (χ0n) is 25.3. The van der Waals surface area contributed by atoms with E-state index in [2.05, 4.69) is 36.2 Å². The molecular formula is C29H43N7O8. The van der Waals surface area contributed by atoms with Gasteiger partial charge in [0.05, 0.1) is 26.7 Å². The summed E-state index contributed by atoms with van der Waals surface area (Å²) in [6, 6.07) is 9.80. The summed E-state index contributed by atoms with van der Waals surface area (Å²) in [6.45, 7) is 2.96. The lowest BCUT2D eigenvalue weighted by molar-refractivity contribution is -0.141. The van der Waals surface area contributed by atoms with Crippen molar-refractivity contribution in [2.24, 2.45) is 0 Å². The number of rotatable bonds is 17. The van der Waals surface area contributed by atoms with Crippen molar-refractivity contribution in [1.82, 2.24) is 31.5 Å². The number of esters is 1. The van der Waals surface area contributed by atoms with E-state index in [1.54, 1.807) is 6.92 Å². The molecule has 242 valence electrons. The number of hydrogen-bond donors (Lipinski definition) is 5. The summed E-state index contributed by atoms with van der Waals surface area (Å²) < 4.78 is 4.37. The number of nitrogens with zero attached hydrogens (tertiary/aromatic N) is 2. The third-order valence-corrected chi connectivity index (χ3v) is 6.85. The number of piperidine rings is 1. The molecule has 15 nitrogen and oxygen atoms in total. The van der Waals surface area contributed by atoms with Crippen LogP contribution in [0.4, 0.5) is 5.69 Å². The number of methoxy groups -OCH3 is 1. The van der Waals surface area contributed by atoms with Gasteiger partial charge in [-0.1, -0.05) is 18.2 Å². The number of ether oxygens (including phenoxy) is 1. The van der Waals surface area contributed by atoms with Crippen LogP contribution in [0.1, 0.15) is 39.0 Å². The molecule has 0 aromatic heterocycles. The minimum absolute atomic E-state index is 0.0265. The Kier molecular flexibility index (Phi) is 15.9. The fourth-order valence-corrected chi connectivity index (χ4v) is 4.55. The third kappa shape index (κ3) is 14.1. The molecule has 1 saturated heterocycles. The molecule has 0 spiro atoms. The predicted octanol–water partition coefficient (Wildman–Crippen LogP) is -1.57. The molecule has 15 heteroatoms. The van der Waals surface area contributed by atoms with Crippen molar-refractivity contribution in [3.63, 3.8) is 0 Å². The number of amides is 6. The first kappa shape index (κ1) is 35.7. The van der Waals surface area contributed by atoms with Crippen molar-refractivity contribution in [3.05, 3.63) is 30.3 Å². The van der Waals surface area contributed by atoms with Crippen LogP contribution in [0.5, 0.6) is 0 Å². The molecule has 0 atom stereocenters. The molecule has 0 radical (unpaired) electrons. The third-order valence-electron chi connectivity index (χ3n) is 6.85. The van der Waals surface area contributed by atoms with Gasteiger partial charge in [0.15, 0.2) is 0 Å². The smallest absolute Gasteiger partial charge is 0.325 e. The van der Waals surface area contributed by atoms with Crippen molar-refractivity contribution in [2.75, 3.05) is 64.4 Å². The number of likely N-dealkylation sites (tertiary alicyclic amines) is 1. The second kappa shape index (κ2) is 19.6. The standard InChI is InChI=1S/C29H43N7O8/c1-21(37)36(22-7-4-3-5-8-22)23-11-14-35(15-12-23)16-13-30-24(38)9-6-10-25(39)31-17-26(40)32-18-27(41)33-19-28(42)34-20-29(43)44-2/h3-5,7-8,23H,6,9-20H2,1-2H3,(H,30,38)(H,31,39)(H,32,40)(H,33,41)(H,34,42). The van der Waals surface area contributed by atoms with Crippen molar-refractivity contribution >= 4 is 47.1 Å². The van der Waals surface area contributed by atoms with Gasteiger partial charge >= 0.3 is 5.97 Å². The molecule has 1 heterocycles. The van der Waals surface area contributed by atoms with Gasteiger partial charge in [-0.15, -0.1) is 0 Å². The Morgan fingerprint density at radius 1 is 0.750 bits per heavy atom. The van der Waals surface area contributed by atoms with Crippen LogP contribution in [0.2, 0.25) is 0 Å². The highest BCUT2D eigenvalue weighted by Gasteiger charge is 2.27. The molecule has 0 saturated carbocycles. The molecule has 1 aliphatic rings. The predicted molar refractivity (Wildman–Crippen MR) is 160 cm³/mol. The van der Waals surface area contributed by atoms with Crippen LogP contribution in [0.15, 0.2) is 30.3 Å². The van der Waals surface area contributed by atoms with E-state index >= 15 is 0 Å². The Balaban J connectivity index is 1.50. The molecule has 0 aliphatic carbocycles. The molecule has 1 fully saturated rings. The van der Waals surface area contributed by atoms with Crippen molar-refractivity contribution < 1.29 is 38.3 Å². The molecule has 6 amide bonds. The number of hydrogen-bond acceptors (Lipinski definition) is 9. The topological polar surface area (TPSA) is 195 Å². The first-order valence-electron chi connectivity index (χ1n) is 14.6. The van der Waals surface area contributed by atoms with Gasteiger partial charge in [0, 0.05) is 57.7 Å². The number of nitrogens with one attached hydrogen (secondary N) is 5. The lowest BCUT2D eigenvalue weighted by Gasteiger charge is -2.38. The fourth-order valence-electron chi connectivity index (χ4n) is 4.55. The SMILES string of the molecule is COC(=O)CNC(=O)CNC(=O)CNC(=O)CNC(=O)CCCC(=O)NCCN1CCC(N(C(C)=O)c2ccccc2)CC1. The summed E-state index contributed by atoms with van der Waals surface area (Å²) in [5.74, 6) is -3.01. The van der Waals surface area contributed by atoms with Gasteiger partial charge in [-0.2, -0.15) is 0 Å². The normalized spacial score (nSPS) is 13.2. The molecule has 0 bridgehead atoms. The van der Waals surface area contributed by atoms with Gasteiger partial charge in [0.1, 0.15) is 6.54 Å². The summed E-state index contributed by atoms with van der Waals surface area (Å²) in [6.07, 6.45) is 2.23. The summed E-state index contributed by atoms with van der Waals surface area (Å²) >= 11 is 0. The monoisotopic (exact) mass is 617 g/mol. The Labute approximate surface area is 256 Å². The van der Waals surface area contributed by atoms with E-state index in [-0.39, 0.29) is 50.3 Å². The molecular weight excluding hydrogens is 574 g/mol. The number of carbonyl (C=O) groups excluding carboxylic acids is 7. The van der Waals surface area contributed by atoms with Gasteiger partial charge in [0.2, 0.25) is 35.4 Å². The van der Waals surface area contributed by atoms with Gasteiger partial charge in [-0.3, -0.25) is 33.6 Å². The lowest BCUT2D eigenvalue weighted by Crippen LogP contribution is -2.48. The number of anilines is 1. The van der Waals surface area contributed by atoms with Crippen LogP contribution in [0.25, 0.3) is 0 Å². The van der Waals surface area contributed by atoms with Crippen LogP contribution >= 0.6 is 0 Å². The summed E-state index contributed by atoms with van der Waals surface area (Å²) in [4.78, 5) is 86.6. The molecule has 1 aliphatic heterocycles.